The van der Waals surface area contributed by atoms with E-state index in [4.69, 9.17) is 0 Å². The van der Waals surface area contributed by atoms with Crippen LogP contribution in [-0.4, -0.2) is 10.7 Å². The third-order valence-electron chi connectivity index (χ3n) is 2.94. The third-order valence-corrected chi connectivity index (χ3v) is 2.94. The average molecular weight is 224 g/mol. The highest BCUT2D eigenvalue weighted by molar-refractivity contribution is 5.00. The number of hydrogen-bond acceptors (Lipinski definition) is 1. The molecule has 94 valence electrons. The van der Waals surface area contributed by atoms with Crippen molar-refractivity contribution in [1.29, 1.82) is 0 Å². The summed E-state index contributed by atoms with van der Waals surface area (Å²) in [5.41, 5.74) is 0.731. The molecule has 0 aromatic carbocycles. The van der Waals surface area contributed by atoms with Gasteiger partial charge in [-0.2, -0.15) is 0 Å². The van der Waals surface area contributed by atoms with Gasteiger partial charge in [0.05, 0.1) is 5.60 Å². The van der Waals surface area contributed by atoms with Crippen LogP contribution in [0, 0.1) is 5.92 Å². The van der Waals surface area contributed by atoms with E-state index in [1.807, 2.05) is 6.92 Å². The van der Waals surface area contributed by atoms with E-state index in [0.717, 1.165) is 18.8 Å². The van der Waals surface area contributed by atoms with Gasteiger partial charge in [-0.15, -0.1) is 6.58 Å². The minimum Gasteiger partial charge on any atom is -0.386 e. The molecule has 0 aliphatic heterocycles. The van der Waals surface area contributed by atoms with Crippen LogP contribution in [0.4, 0.5) is 0 Å². The van der Waals surface area contributed by atoms with E-state index >= 15 is 0 Å². The zero-order valence-corrected chi connectivity index (χ0v) is 11.4. The van der Waals surface area contributed by atoms with Crippen LogP contribution >= 0.6 is 0 Å². The van der Waals surface area contributed by atoms with Gasteiger partial charge < -0.3 is 5.11 Å². The summed E-state index contributed by atoms with van der Waals surface area (Å²) in [7, 11) is 0. The van der Waals surface area contributed by atoms with E-state index in [1.165, 1.54) is 24.8 Å². The zero-order chi connectivity index (χ0) is 12.6. The van der Waals surface area contributed by atoms with Crippen molar-refractivity contribution in [2.24, 2.45) is 5.92 Å². The molecular weight excluding hydrogens is 196 g/mol. The van der Waals surface area contributed by atoms with E-state index < -0.39 is 5.60 Å². The topological polar surface area (TPSA) is 20.2 Å². The van der Waals surface area contributed by atoms with Crippen molar-refractivity contribution in [1.82, 2.24) is 0 Å². The molecule has 0 radical (unpaired) electrons. The molecule has 1 atom stereocenters. The fraction of sp³-hybridized carbons (Fsp3) is 0.733. The summed E-state index contributed by atoms with van der Waals surface area (Å²) < 4.78 is 0. The molecule has 0 bridgehead atoms. The molecule has 0 aliphatic carbocycles. The van der Waals surface area contributed by atoms with Crippen molar-refractivity contribution < 1.29 is 5.11 Å². The Hall–Kier alpha value is -0.560. The molecule has 0 aliphatic rings. The quantitative estimate of drug-likeness (QED) is 0.603. The zero-order valence-electron chi connectivity index (χ0n) is 11.4. The van der Waals surface area contributed by atoms with Gasteiger partial charge in [-0.1, -0.05) is 38.0 Å². The first kappa shape index (κ1) is 15.4. The van der Waals surface area contributed by atoms with Crippen LogP contribution in [0.1, 0.15) is 59.8 Å². The first-order chi connectivity index (χ1) is 7.37. The van der Waals surface area contributed by atoms with E-state index in [-0.39, 0.29) is 0 Å². The van der Waals surface area contributed by atoms with Gasteiger partial charge in [-0.25, -0.2) is 0 Å². The SMILES string of the molecule is C=CC(C)(O)CCC=C(C)CCCC(C)C. The van der Waals surface area contributed by atoms with Gasteiger partial charge in [-0.05, 0) is 45.4 Å². The lowest BCUT2D eigenvalue weighted by Gasteiger charge is -2.16. The summed E-state index contributed by atoms with van der Waals surface area (Å²) in [6.45, 7) is 12.1. The Labute approximate surface area is 101 Å². The molecule has 1 nitrogen and oxygen atoms in total. The number of hydrogen-bond donors (Lipinski definition) is 1. The Morgan fingerprint density at radius 1 is 1.44 bits per heavy atom. The maximum atomic E-state index is 9.74. The lowest BCUT2D eigenvalue weighted by molar-refractivity contribution is 0.103. The first-order valence-corrected chi connectivity index (χ1v) is 6.39. The van der Waals surface area contributed by atoms with E-state index in [9.17, 15) is 5.11 Å². The fourth-order valence-corrected chi connectivity index (χ4v) is 1.60. The molecule has 0 heterocycles. The number of allylic oxidation sites excluding steroid dienone is 2. The molecule has 0 aromatic rings. The summed E-state index contributed by atoms with van der Waals surface area (Å²) in [5, 5.41) is 9.74. The largest absolute Gasteiger partial charge is 0.386 e. The molecule has 0 saturated carbocycles. The summed E-state index contributed by atoms with van der Waals surface area (Å²) in [4.78, 5) is 0. The monoisotopic (exact) mass is 224 g/mol. The lowest BCUT2D eigenvalue weighted by Crippen LogP contribution is -2.19. The summed E-state index contributed by atoms with van der Waals surface area (Å²) in [6.07, 6.45) is 9.33. The molecular formula is C15H28O. The smallest absolute Gasteiger partial charge is 0.0800 e. The second-order valence-electron chi connectivity index (χ2n) is 5.44. The number of rotatable bonds is 8. The van der Waals surface area contributed by atoms with Gasteiger partial charge in [0.2, 0.25) is 0 Å². The van der Waals surface area contributed by atoms with Crippen LogP contribution in [0.2, 0.25) is 0 Å². The molecule has 0 spiro atoms. The first-order valence-electron chi connectivity index (χ1n) is 6.39. The normalized spacial score (nSPS) is 16.2. The van der Waals surface area contributed by atoms with Gasteiger partial charge in [0.25, 0.3) is 0 Å². The molecule has 0 aromatic heterocycles. The molecule has 0 amide bonds. The van der Waals surface area contributed by atoms with Crippen molar-refractivity contribution >= 4 is 0 Å². The Morgan fingerprint density at radius 3 is 2.56 bits per heavy atom. The van der Waals surface area contributed by atoms with Crippen LogP contribution in [0.3, 0.4) is 0 Å². The van der Waals surface area contributed by atoms with Crippen molar-refractivity contribution in [3.63, 3.8) is 0 Å². The van der Waals surface area contributed by atoms with Crippen molar-refractivity contribution in [3.8, 4) is 0 Å². The highest BCUT2D eigenvalue weighted by Crippen LogP contribution is 2.16. The molecule has 0 fully saturated rings. The maximum Gasteiger partial charge on any atom is 0.0800 e. The molecule has 1 unspecified atom stereocenters. The Balaban J connectivity index is 3.75. The van der Waals surface area contributed by atoms with Crippen LogP contribution in [0.5, 0.6) is 0 Å². The van der Waals surface area contributed by atoms with Crippen molar-refractivity contribution in [2.45, 2.75) is 65.4 Å². The summed E-state index contributed by atoms with van der Waals surface area (Å²) >= 11 is 0. The van der Waals surface area contributed by atoms with E-state index in [0.29, 0.717) is 0 Å². The molecule has 0 saturated heterocycles. The molecule has 1 N–H and O–H groups in total. The Bertz CT molecular complexity index is 224. The van der Waals surface area contributed by atoms with Gasteiger partial charge in [0.1, 0.15) is 0 Å². The third kappa shape index (κ3) is 8.72. The van der Waals surface area contributed by atoms with Crippen LogP contribution in [0.25, 0.3) is 0 Å². The van der Waals surface area contributed by atoms with Crippen LogP contribution in [-0.2, 0) is 0 Å². The Kier molecular flexibility index (Phi) is 7.40. The van der Waals surface area contributed by atoms with Gasteiger partial charge in [0.15, 0.2) is 0 Å². The highest BCUT2D eigenvalue weighted by Gasteiger charge is 2.13. The summed E-state index contributed by atoms with van der Waals surface area (Å²) in [5.74, 6) is 0.800. The van der Waals surface area contributed by atoms with Crippen LogP contribution < -0.4 is 0 Å². The molecule has 0 rings (SSSR count). The van der Waals surface area contributed by atoms with Gasteiger partial charge in [0, 0.05) is 0 Å². The predicted octanol–water partition coefficient (Wildman–Crippen LogP) is 4.48. The van der Waals surface area contributed by atoms with Gasteiger partial charge in [-0.3, -0.25) is 0 Å². The fourth-order valence-electron chi connectivity index (χ4n) is 1.60. The lowest BCUT2D eigenvalue weighted by atomic mass is 9.98. The molecule has 16 heavy (non-hydrogen) atoms. The van der Waals surface area contributed by atoms with Crippen molar-refractivity contribution in [3.05, 3.63) is 24.3 Å². The van der Waals surface area contributed by atoms with Crippen LogP contribution in [0.15, 0.2) is 24.3 Å². The van der Waals surface area contributed by atoms with Gasteiger partial charge >= 0.3 is 0 Å². The average Bonchev–Trinajstić information content (AvgIpc) is 2.17. The second-order valence-corrected chi connectivity index (χ2v) is 5.44. The highest BCUT2D eigenvalue weighted by atomic mass is 16.3. The maximum absolute atomic E-state index is 9.74. The van der Waals surface area contributed by atoms with E-state index in [2.05, 4.69) is 33.4 Å². The minimum atomic E-state index is -0.714. The summed E-state index contributed by atoms with van der Waals surface area (Å²) in [6, 6.07) is 0. The predicted molar refractivity (Wildman–Crippen MR) is 72.5 cm³/mol. The second kappa shape index (κ2) is 7.67. The Morgan fingerprint density at radius 2 is 2.06 bits per heavy atom. The minimum absolute atomic E-state index is 0.714. The van der Waals surface area contributed by atoms with Crippen molar-refractivity contribution in [2.75, 3.05) is 0 Å². The van der Waals surface area contributed by atoms with E-state index in [1.54, 1.807) is 6.08 Å². The number of aliphatic hydroxyl groups is 1. The standard InChI is InChI=1S/C15H28O/c1-6-15(5,16)12-8-11-14(4)10-7-9-13(2)3/h6,11,13,16H,1,7-10,12H2,2-5H3. The molecule has 1 heteroatoms.